The molecule has 0 saturated heterocycles. The second kappa shape index (κ2) is 8.82. The van der Waals surface area contributed by atoms with E-state index in [1.807, 2.05) is 0 Å². The van der Waals surface area contributed by atoms with E-state index in [1.165, 1.54) is 18.6 Å². The molecule has 1 aliphatic carbocycles. The number of carbonyl (C=O) groups excluding carboxylic acids is 2. The Morgan fingerprint density at radius 2 is 2.04 bits per heavy atom. The number of hydrogen-bond donors (Lipinski definition) is 1. The van der Waals surface area contributed by atoms with Crippen LogP contribution in [0.15, 0.2) is 28.7 Å². The predicted molar refractivity (Wildman–Crippen MR) is 89.1 cm³/mol. The number of hydrogen-bond acceptors (Lipinski definition) is 3. The van der Waals surface area contributed by atoms with Crippen molar-refractivity contribution >= 4 is 33.9 Å². The lowest BCUT2D eigenvalue weighted by Gasteiger charge is -2.22. The Labute approximate surface area is 143 Å². The fraction of sp³-hybridized carbons (Fsp3) is 0.412. The zero-order valence-corrected chi connectivity index (χ0v) is 14.3. The van der Waals surface area contributed by atoms with Crippen LogP contribution in [-0.2, 0) is 14.3 Å². The molecule has 2 rings (SSSR count). The third kappa shape index (κ3) is 6.14. The van der Waals surface area contributed by atoms with Crippen molar-refractivity contribution in [2.24, 2.45) is 0 Å². The number of halogens is 2. The van der Waals surface area contributed by atoms with Gasteiger partial charge >= 0.3 is 5.97 Å². The molecule has 1 amide bonds. The predicted octanol–water partition coefficient (Wildman–Crippen LogP) is 3.59. The molecular weight excluding hydrogens is 365 g/mol. The summed E-state index contributed by atoms with van der Waals surface area (Å²) in [6.07, 6.45) is 7.82. The van der Waals surface area contributed by atoms with Crippen LogP contribution in [0.25, 0.3) is 6.08 Å². The van der Waals surface area contributed by atoms with Crippen LogP contribution >= 0.6 is 15.9 Å². The lowest BCUT2D eigenvalue weighted by Crippen LogP contribution is -2.38. The van der Waals surface area contributed by atoms with Crippen molar-refractivity contribution in [1.82, 2.24) is 5.32 Å². The van der Waals surface area contributed by atoms with E-state index >= 15 is 0 Å². The Morgan fingerprint density at radius 1 is 1.30 bits per heavy atom. The number of carbonyl (C=O) groups is 2. The Morgan fingerprint density at radius 3 is 2.78 bits per heavy atom. The van der Waals surface area contributed by atoms with E-state index in [2.05, 4.69) is 21.2 Å². The average molecular weight is 384 g/mol. The molecule has 0 heterocycles. The maximum atomic E-state index is 13.5. The van der Waals surface area contributed by atoms with Gasteiger partial charge in [0.05, 0.1) is 0 Å². The van der Waals surface area contributed by atoms with Crippen molar-refractivity contribution in [2.75, 3.05) is 6.61 Å². The molecule has 1 fully saturated rings. The van der Waals surface area contributed by atoms with Crippen molar-refractivity contribution < 1.29 is 18.7 Å². The van der Waals surface area contributed by atoms with Crippen LogP contribution in [0.4, 0.5) is 4.39 Å². The normalized spacial score (nSPS) is 15.6. The second-order valence-electron chi connectivity index (χ2n) is 5.51. The molecule has 1 aromatic rings. The maximum absolute atomic E-state index is 13.5. The number of nitrogens with one attached hydrogen (secondary N) is 1. The third-order valence-corrected chi connectivity index (χ3v) is 4.17. The summed E-state index contributed by atoms with van der Waals surface area (Å²) in [5, 5.41) is 2.86. The number of esters is 1. The fourth-order valence-electron chi connectivity index (χ4n) is 2.50. The van der Waals surface area contributed by atoms with Crippen LogP contribution in [0, 0.1) is 5.82 Å². The zero-order valence-electron chi connectivity index (χ0n) is 12.7. The van der Waals surface area contributed by atoms with Crippen molar-refractivity contribution in [1.29, 1.82) is 0 Å². The highest BCUT2D eigenvalue weighted by atomic mass is 79.9. The Balaban J connectivity index is 1.76. The lowest BCUT2D eigenvalue weighted by molar-refractivity contribution is -0.144. The van der Waals surface area contributed by atoms with Gasteiger partial charge in [0.2, 0.25) is 0 Å². The molecule has 0 bridgehead atoms. The summed E-state index contributed by atoms with van der Waals surface area (Å²) in [7, 11) is 0. The summed E-state index contributed by atoms with van der Waals surface area (Å²) in [6, 6.07) is 4.60. The van der Waals surface area contributed by atoms with E-state index in [1.54, 1.807) is 12.1 Å². The summed E-state index contributed by atoms with van der Waals surface area (Å²) in [4.78, 5) is 23.3. The van der Waals surface area contributed by atoms with Crippen LogP contribution in [0.1, 0.15) is 37.7 Å². The molecule has 0 aliphatic heterocycles. The first-order valence-electron chi connectivity index (χ1n) is 7.64. The van der Waals surface area contributed by atoms with E-state index in [-0.39, 0.29) is 24.1 Å². The highest BCUT2D eigenvalue weighted by Crippen LogP contribution is 2.17. The fourth-order valence-corrected chi connectivity index (χ4v) is 2.88. The van der Waals surface area contributed by atoms with E-state index < -0.39 is 11.8 Å². The highest BCUT2D eigenvalue weighted by molar-refractivity contribution is 9.10. The number of ether oxygens (including phenoxy) is 1. The third-order valence-electron chi connectivity index (χ3n) is 3.67. The number of benzene rings is 1. The monoisotopic (exact) mass is 383 g/mol. The van der Waals surface area contributed by atoms with E-state index in [4.69, 9.17) is 4.74 Å². The summed E-state index contributed by atoms with van der Waals surface area (Å²) < 4.78 is 19.1. The zero-order chi connectivity index (χ0) is 16.7. The molecule has 23 heavy (non-hydrogen) atoms. The summed E-state index contributed by atoms with van der Waals surface area (Å²) in [6.45, 7) is -0.319. The molecule has 0 spiro atoms. The van der Waals surface area contributed by atoms with E-state index in [0.717, 1.165) is 31.8 Å². The van der Waals surface area contributed by atoms with Gasteiger partial charge in [0.1, 0.15) is 5.82 Å². The first-order valence-corrected chi connectivity index (χ1v) is 8.43. The SMILES string of the molecule is O=C(COC(=O)/C=C/c1cc(Br)ccc1F)NC1CCCCC1. The van der Waals surface area contributed by atoms with Gasteiger partial charge < -0.3 is 10.1 Å². The molecule has 6 heteroatoms. The van der Waals surface area contributed by atoms with Gasteiger partial charge in [0.25, 0.3) is 5.91 Å². The molecule has 0 unspecified atom stereocenters. The molecule has 0 atom stereocenters. The van der Waals surface area contributed by atoms with Gasteiger partial charge in [-0.3, -0.25) is 4.79 Å². The number of rotatable bonds is 5. The van der Waals surface area contributed by atoms with Crippen LogP contribution in [-0.4, -0.2) is 24.5 Å². The standard InChI is InChI=1S/C17H19BrFNO3/c18-13-7-8-15(19)12(10-13)6-9-17(22)23-11-16(21)20-14-4-2-1-3-5-14/h6-10,14H,1-5,11H2,(H,20,21)/b9-6+. The van der Waals surface area contributed by atoms with Crippen LogP contribution in [0.5, 0.6) is 0 Å². The van der Waals surface area contributed by atoms with Gasteiger partial charge in [0, 0.05) is 22.2 Å². The molecule has 1 aliphatic rings. The van der Waals surface area contributed by atoms with Crippen molar-refractivity contribution in [3.63, 3.8) is 0 Å². The van der Waals surface area contributed by atoms with Gasteiger partial charge in [-0.15, -0.1) is 0 Å². The largest absolute Gasteiger partial charge is 0.452 e. The molecule has 1 aromatic carbocycles. The smallest absolute Gasteiger partial charge is 0.331 e. The quantitative estimate of drug-likeness (QED) is 0.624. The molecule has 0 aromatic heterocycles. The minimum atomic E-state index is -0.678. The summed E-state index contributed by atoms with van der Waals surface area (Å²) in [5.41, 5.74) is 0.267. The Bertz CT molecular complexity index is 598. The molecule has 1 N–H and O–H groups in total. The topological polar surface area (TPSA) is 55.4 Å². The van der Waals surface area contributed by atoms with Crippen LogP contribution in [0.2, 0.25) is 0 Å². The maximum Gasteiger partial charge on any atom is 0.331 e. The first-order chi connectivity index (χ1) is 11.0. The summed E-state index contributed by atoms with van der Waals surface area (Å²) in [5.74, 6) is -1.41. The van der Waals surface area contributed by atoms with Gasteiger partial charge in [-0.05, 0) is 37.1 Å². The average Bonchev–Trinajstić information content (AvgIpc) is 2.54. The van der Waals surface area contributed by atoms with Crippen LogP contribution < -0.4 is 5.32 Å². The van der Waals surface area contributed by atoms with E-state index in [9.17, 15) is 14.0 Å². The van der Waals surface area contributed by atoms with Crippen molar-refractivity contribution in [3.05, 3.63) is 40.1 Å². The number of amides is 1. The van der Waals surface area contributed by atoms with Crippen molar-refractivity contribution in [2.45, 2.75) is 38.1 Å². The Hall–Kier alpha value is -1.69. The molecular formula is C17H19BrFNO3. The second-order valence-corrected chi connectivity index (χ2v) is 6.43. The highest BCUT2D eigenvalue weighted by Gasteiger charge is 2.16. The van der Waals surface area contributed by atoms with E-state index in [0.29, 0.717) is 4.47 Å². The molecule has 1 saturated carbocycles. The molecule has 4 nitrogen and oxygen atoms in total. The van der Waals surface area contributed by atoms with Gasteiger partial charge in [-0.1, -0.05) is 35.2 Å². The van der Waals surface area contributed by atoms with Gasteiger partial charge in [0.15, 0.2) is 6.61 Å². The Kier molecular flexibility index (Phi) is 6.77. The summed E-state index contributed by atoms with van der Waals surface area (Å²) >= 11 is 3.23. The van der Waals surface area contributed by atoms with Crippen LogP contribution in [0.3, 0.4) is 0 Å². The minimum absolute atomic E-state index is 0.182. The van der Waals surface area contributed by atoms with Crippen molar-refractivity contribution in [3.8, 4) is 0 Å². The van der Waals surface area contributed by atoms with Gasteiger partial charge in [-0.2, -0.15) is 0 Å². The minimum Gasteiger partial charge on any atom is -0.452 e. The lowest BCUT2D eigenvalue weighted by atomic mass is 9.95. The molecule has 124 valence electrons. The first kappa shape index (κ1) is 17.7. The molecule has 0 radical (unpaired) electrons. The van der Waals surface area contributed by atoms with Gasteiger partial charge in [-0.25, -0.2) is 9.18 Å².